The maximum atomic E-state index is 9.47. The lowest BCUT2D eigenvalue weighted by Crippen LogP contribution is -2.57. The van der Waals surface area contributed by atoms with Gasteiger partial charge >= 0.3 is 0 Å². The van der Waals surface area contributed by atoms with Crippen molar-refractivity contribution in [2.75, 3.05) is 19.8 Å². The zero-order chi connectivity index (χ0) is 7.61. The van der Waals surface area contributed by atoms with E-state index < -0.39 is 5.60 Å². The van der Waals surface area contributed by atoms with Gasteiger partial charge in [-0.3, -0.25) is 0 Å². The van der Waals surface area contributed by atoms with Crippen molar-refractivity contribution in [3.05, 3.63) is 0 Å². The minimum atomic E-state index is -0.579. The average Bonchev–Trinajstić information content (AvgIpc) is 1.79. The van der Waals surface area contributed by atoms with E-state index in [1.54, 1.807) is 0 Å². The number of hydrogen-bond donors (Lipinski definition) is 2. The Morgan fingerprint density at radius 1 is 1.60 bits per heavy atom. The van der Waals surface area contributed by atoms with Crippen LogP contribution >= 0.6 is 0 Å². The number of rotatable bonds is 3. The van der Waals surface area contributed by atoms with E-state index >= 15 is 0 Å². The third kappa shape index (κ3) is 1.94. The van der Waals surface area contributed by atoms with Crippen LogP contribution in [0.2, 0.25) is 0 Å². The van der Waals surface area contributed by atoms with E-state index in [9.17, 15) is 5.11 Å². The first-order valence-corrected chi connectivity index (χ1v) is 3.66. The van der Waals surface area contributed by atoms with Crippen LogP contribution in [-0.2, 0) is 4.74 Å². The summed E-state index contributed by atoms with van der Waals surface area (Å²) in [7, 11) is 0. The smallest absolute Gasteiger partial charge is 0.123 e. The Bertz CT molecular complexity index is 110. The summed E-state index contributed by atoms with van der Waals surface area (Å²) in [5.41, 5.74) is -0.579. The average molecular weight is 145 g/mol. The molecule has 0 aliphatic carbocycles. The van der Waals surface area contributed by atoms with Gasteiger partial charge in [-0.05, 0) is 0 Å². The first kappa shape index (κ1) is 7.98. The standard InChI is InChI=1S/C7H15NO2/c1-6(2)8-3-7(9)4-10-5-7/h6,8-9H,3-5H2,1-2H3. The fourth-order valence-electron chi connectivity index (χ4n) is 0.834. The summed E-state index contributed by atoms with van der Waals surface area (Å²) in [4.78, 5) is 0. The van der Waals surface area contributed by atoms with Crippen molar-refractivity contribution >= 4 is 0 Å². The van der Waals surface area contributed by atoms with Gasteiger partial charge in [0.2, 0.25) is 0 Å². The number of nitrogens with one attached hydrogen (secondary N) is 1. The van der Waals surface area contributed by atoms with Gasteiger partial charge in [0, 0.05) is 12.6 Å². The Hall–Kier alpha value is -0.120. The number of ether oxygens (including phenoxy) is 1. The highest BCUT2D eigenvalue weighted by molar-refractivity contribution is 4.87. The van der Waals surface area contributed by atoms with E-state index in [1.807, 2.05) is 0 Å². The van der Waals surface area contributed by atoms with Crippen LogP contribution in [0.4, 0.5) is 0 Å². The van der Waals surface area contributed by atoms with Gasteiger partial charge in [0.05, 0.1) is 13.2 Å². The van der Waals surface area contributed by atoms with Crippen molar-refractivity contribution in [3.63, 3.8) is 0 Å². The summed E-state index contributed by atoms with van der Waals surface area (Å²) in [6.45, 7) is 5.72. The van der Waals surface area contributed by atoms with Gasteiger partial charge < -0.3 is 15.2 Å². The van der Waals surface area contributed by atoms with Crippen molar-refractivity contribution < 1.29 is 9.84 Å². The molecular weight excluding hydrogens is 130 g/mol. The highest BCUT2D eigenvalue weighted by atomic mass is 16.5. The van der Waals surface area contributed by atoms with Crippen LogP contribution in [0.5, 0.6) is 0 Å². The Morgan fingerprint density at radius 2 is 2.20 bits per heavy atom. The molecule has 0 unspecified atom stereocenters. The normalized spacial score (nSPS) is 22.8. The van der Waals surface area contributed by atoms with E-state index in [0.717, 1.165) is 0 Å². The van der Waals surface area contributed by atoms with Crippen LogP contribution in [0.3, 0.4) is 0 Å². The maximum Gasteiger partial charge on any atom is 0.123 e. The third-order valence-corrected chi connectivity index (χ3v) is 1.58. The lowest BCUT2D eigenvalue weighted by Gasteiger charge is -2.36. The highest BCUT2D eigenvalue weighted by Gasteiger charge is 2.35. The summed E-state index contributed by atoms with van der Waals surface area (Å²) in [6.07, 6.45) is 0. The summed E-state index contributed by atoms with van der Waals surface area (Å²) < 4.78 is 4.88. The Kier molecular flexibility index (Phi) is 2.28. The van der Waals surface area contributed by atoms with Gasteiger partial charge in [-0.1, -0.05) is 13.8 Å². The molecule has 1 aliphatic rings. The molecule has 0 saturated carbocycles. The molecule has 2 N–H and O–H groups in total. The highest BCUT2D eigenvalue weighted by Crippen LogP contribution is 2.14. The van der Waals surface area contributed by atoms with Gasteiger partial charge in [0.15, 0.2) is 0 Å². The minimum Gasteiger partial charge on any atom is -0.384 e. The molecule has 0 atom stereocenters. The van der Waals surface area contributed by atoms with Crippen LogP contribution in [0.1, 0.15) is 13.8 Å². The molecule has 1 rings (SSSR count). The molecule has 0 spiro atoms. The topological polar surface area (TPSA) is 41.5 Å². The first-order valence-electron chi connectivity index (χ1n) is 3.66. The summed E-state index contributed by atoms with van der Waals surface area (Å²) in [5.74, 6) is 0. The Morgan fingerprint density at radius 3 is 2.50 bits per heavy atom. The second-order valence-electron chi connectivity index (χ2n) is 3.25. The van der Waals surface area contributed by atoms with E-state index in [4.69, 9.17) is 4.74 Å². The first-order chi connectivity index (χ1) is 4.62. The van der Waals surface area contributed by atoms with E-state index in [2.05, 4.69) is 19.2 Å². The van der Waals surface area contributed by atoms with Crippen LogP contribution in [0.15, 0.2) is 0 Å². The molecule has 1 aliphatic heterocycles. The zero-order valence-electron chi connectivity index (χ0n) is 6.55. The molecule has 1 heterocycles. The maximum absolute atomic E-state index is 9.47. The molecule has 10 heavy (non-hydrogen) atoms. The van der Waals surface area contributed by atoms with E-state index in [1.165, 1.54) is 0 Å². The van der Waals surface area contributed by atoms with Crippen molar-refractivity contribution in [2.45, 2.75) is 25.5 Å². The summed E-state index contributed by atoms with van der Waals surface area (Å²) in [6, 6.07) is 0.435. The van der Waals surface area contributed by atoms with Gasteiger partial charge in [0.25, 0.3) is 0 Å². The molecule has 3 heteroatoms. The fraction of sp³-hybridized carbons (Fsp3) is 1.00. The van der Waals surface area contributed by atoms with Crippen molar-refractivity contribution in [1.82, 2.24) is 5.32 Å². The Labute approximate surface area is 61.4 Å². The van der Waals surface area contributed by atoms with E-state index in [-0.39, 0.29) is 0 Å². The van der Waals surface area contributed by atoms with Crippen molar-refractivity contribution in [1.29, 1.82) is 0 Å². The summed E-state index contributed by atoms with van der Waals surface area (Å²) in [5, 5.41) is 12.6. The number of hydrogen-bond acceptors (Lipinski definition) is 3. The Balaban J connectivity index is 2.12. The predicted molar refractivity (Wildman–Crippen MR) is 38.9 cm³/mol. The van der Waals surface area contributed by atoms with Crippen LogP contribution < -0.4 is 5.32 Å². The monoisotopic (exact) mass is 145 g/mol. The van der Waals surface area contributed by atoms with Crippen LogP contribution in [0.25, 0.3) is 0 Å². The molecular formula is C7H15NO2. The molecule has 3 nitrogen and oxygen atoms in total. The lowest BCUT2D eigenvalue weighted by atomic mass is 10.0. The zero-order valence-corrected chi connectivity index (χ0v) is 6.55. The van der Waals surface area contributed by atoms with Crippen molar-refractivity contribution in [2.24, 2.45) is 0 Å². The summed E-state index contributed by atoms with van der Waals surface area (Å²) >= 11 is 0. The van der Waals surface area contributed by atoms with Gasteiger partial charge in [0.1, 0.15) is 5.60 Å². The second kappa shape index (κ2) is 2.86. The molecule has 0 aromatic rings. The second-order valence-corrected chi connectivity index (χ2v) is 3.25. The van der Waals surface area contributed by atoms with Crippen molar-refractivity contribution in [3.8, 4) is 0 Å². The minimum absolute atomic E-state index is 0.435. The van der Waals surface area contributed by atoms with E-state index in [0.29, 0.717) is 25.8 Å². The largest absolute Gasteiger partial charge is 0.384 e. The molecule has 1 fully saturated rings. The molecule has 0 aromatic heterocycles. The van der Waals surface area contributed by atoms with Gasteiger partial charge in [-0.2, -0.15) is 0 Å². The number of aliphatic hydroxyl groups is 1. The lowest BCUT2D eigenvalue weighted by molar-refractivity contribution is -0.175. The van der Waals surface area contributed by atoms with Gasteiger partial charge in [-0.15, -0.1) is 0 Å². The molecule has 0 bridgehead atoms. The molecule has 60 valence electrons. The quantitative estimate of drug-likeness (QED) is 0.575. The molecule has 1 saturated heterocycles. The molecule has 0 aromatic carbocycles. The third-order valence-electron chi connectivity index (χ3n) is 1.58. The molecule has 0 radical (unpaired) electrons. The SMILES string of the molecule is CC(C)NCC1(O)COC1. The van der Waals surface area contributed by atoms with Crippen LogP contribution in [0, 0.1) is 0 Å². The fourth-order valence-corrected chi connectivity index (χ4v) is 0.834. The van der Waals surface area contributed by atoms with Crippen LogP contribution in [-0.4, -0.2) is 36.5 Å². The van der Waals surface area contributed by atoms with Gasteiger partial charge in [-0.25, -0.2) is 0 Å². The predicted octanol–water partition coefficient (Wildman–Crippen LogP) is -0.254. The molecule has 0 amide bonds.